The number of benzene rings is 1. The number of hydrogen-bond donors (Lipinski definition) is 0. The van der Waals surface area contributed by atoms with Crippen LogP contribution in [-0.2, 0) is 13.6 Å². The summed E-state index contributed by atoms with van der Waals surface area (Å²) in [6.45, 7) is 4.36. The number of pyridine rings is 1. The Bertz CT molecular complexity index is 953. The van der Waals surface area contributed by atoms with E-state index in [0.717, 1.165) is 55.0 Å². The normalized spacial score (nSPS) is 16.0. The first-order valence-electron chi connectivity index (χ1n) is 9.04. The first-order chi connectivity index (χ1) is 12.7. The maximum atomic E-state index is 12.7. The van der Waals surface area contributed by atoms with Crippen LogP contribution in [0.25, 0.3) is 10.9 Å². The molecule has 0 spiro atoms. The highest BCUT2D eigenvalue weighted by Gasteiger charge is 2.18. The van der Waals surface area contributed by atoms with E-state index < -0.39 is 0 Å². The highest BCUT2D eigenvalue weighted by Crippen LogP contribution is 2.15. The molecule has 26 heavy (non-hydrogen) atoms. The second kappa shape index (κ2) is 7.25. The third-order valence-electron chi connectivity index (χ3n) is 5.02. The molecule has 1 aliphatic heterocycles. The minimum absolute atomic E-state index is 0.0937. The highest BCUT2D eigenvalue weighted by molar-refractivity contribution is 5.79. The predicted octanol–water partition coefficient (Wildman–Crippen LogP) is 2.04. The summed E-state index contributed by atoms with van der Waals surface area (Å²) in [5, 5.41) is 1.11. The smallest absolute Gasteiger partial charge is 0.255 e. The molecule has 4 rings (SSSR count). The van der Waals surface area contributed by atoms with E-state index >= 15 is 0 Å². The monoisotopic (exact) mass is 349 g/mol. The van der Waals surface area contributed by atoms with Crippen molar-refractivity contribution in [3.05, 3.63) is 64.7 Å². The van der Waals surface area contributed by atoms with Crippen molar-refractivity contribution in [1.82, 2.24) is 19.4 Å². The molecule has 6 heteroatoms. The van der Waals surface area contributed by atoms with Crippen molar-refractivity contribution >= 4 is 16.9 Å². The Labute approximate surface area is 152 Å². The Morgan fingerprint density at radius 3 is 2.65 bits per heavy atom. The highest BCUT2D eigenvalue weighted by atomic mass is 16.1. The fourth-order valence-corrected chi connectivity index (χ4v) is 3.63. The van der Waals surface area contributed by atoms with E-state index in [9.17, 15) is 4.79 Å². The topological polar surface area (TPSA) is 54.3 Å². The van der Waals surface area contributed by atoms with Crippen molar-refractivity contribution in [3.8, 4) is 0 Å². The summed E-state index contributed by atoms with van der Waals surface area (Å²) >= 11 is 0. The molecule has 134 valence electrons. The molecule has 1 aliphatic rings. The van der Waals surface area contributed by atoms with E-state index in [1.807, 2.05) is 37.4 Å². The van der Waals surface area contributed by atoms with Crippen LogP contribution in [0.4, 0.5) is 5.95 Å². The summed E-state index contributed by atoms with van der Waals surface area (Å²) in [5.41, 5.74) is 1.93. The van der Waals surface area contributed by atoms with Crippen molar-refractivity contribution in [1.29, 1.82) is 0 Å². The van der Waals surface area contributed by atoms with Crippen LogP contribution in [0.1, 0.15) is 12.0 Å². The van der Waals surface area contributed by atoms with Crippen molar-refractivity contribution < 1.29 is 0 Å². The molecule has 0 radical (unpaired) electrons. The molecule has 0 saturated carbocycles. The van der Waals surface area contributed by atoms with E-state index in [0.29, 0.717) is 6.54 Å². The van der Waals surface area contributed by atoms with Gasteiger partial charge < -0.3 is 9.47 Å². The number of nitrogens with zero attached hydrogens (tertiary/aromatic N) is 5. The maximum absolute atomic E-state index is 12.7. The molecule has 3 heterocycles. The van der Waals surface area contributed by atoms with E-state index in [-0.39, 0.29) is 5.56 Å². The average molecular weight is 349 g/mol. The van der Waals surface area contributed by atoms with Gasteiger partial charge in [-0.15, -0.1) is 0 Å². The van der Waals surface area contributed by atoms with Gasteiger partial charge in [0, 0.05) is 57.7 Å². The predicted molar refractivity (Wildman–Crippen MR) is 103 cm³/mol. The largest absolute Gasteiger partial charge is 0.339 e. The molecule has 1 fully saturated rings. The van der Waals surface area contributed by atoms with E-state index in [1.54, 1.807) is 17.0 Å². The fraction of sp³-hybridized carbons (Fsp3) is 0.350. The van der Waals surface area contributed by atoms with Crippen LogP contribution < -0.4 is 10.5 Å². The third kappa shape index (κ3) is 3.32. The second-order valence-electron chi connectivity index (χ2n) is 6.76. The summed E-state index contributed by atoms with van der Waals surface area (Å²) in [6.07, 6.45) is 4.60. The third-order valence-corrected chi connectivity index (χ3v) is 5.02. The number of para-hydroxylation sites is 1. The lowest BCUT2D eigenvalue weighted by molar-refractivity contribution is 0.284. The van der Waals surface area contributed by atoms with Crippen LogP contribution in [0.3, 0.4) is 0 Å². The fourth-order valence-electron chi connectivity index (χ4n) is 3.63. The Hall–Kier alpha value is -2.73. The molecule has 0 amide bonds. The molecule has 0 bridgehead atoms. The van der Waals surface area contributed by atoms with Crippen LogP contribution in [0.5, 0.6) is 0 Å². The van der Waals surface area contributed by atoms with Crippen LogP contribution in [0, 0.1) is 0 Å². The lowest BCUT2D eigenvalue weighted by Crippen LogP contribution is -2.33. The van der Waals surface area contributed by atoms with Crippen LogP contribution in [-0.4, -0.2) is 45.6 Å². The standard InChI is InChI=1S/C20H23N5O/c1-23-18-7-3-2-6-16(18)14-17(19(23)26)15-24-10-5-11-25(13-12-24)20-21-8-4-9-22-20/h2-4,6-9,14H,5,10-13,15H2,1H3. The van der Waals surface area contributed by atoms with Gasteiger partial charge in [-0.1, -0.05) is 18.2 Å². The Morgan fingerprint density at radius 1 is 1.00 bits per heavy atom. The van der Waals surface area contributed by atoms with Crippen molar-refractivity contribution in [2.24, 2.45) is 7.05 Å². The summed E-state index contributed by atoms with van der Waals surface area (Å²) < 4.78 is 1.76. The molecule has 1 saturated heterocycles. The molecule has 0 aliphatic carbocycles. The summed E-state index contributed by atoms with van der Waals surface area (Å²) in [7, 11) is 1.85. The van der Waals surface area contributed by atoms with Crippen LogP contribution in [0.15, 0.2) is 53.6 Å². The van der Waals surface area contributed by atoms with Gasteiger partial charge in [0.1, 0.15) is 0 Å². The summed E-state index contributed by atoms with van der Waals surface area (Å²) in [6, 6.07) is 11.9. The van der Waals surface area contributed by atoms with E-state index in [2.05, 4.69) is 25.8 Å². The minimum Gasteiger partial charge on any atom is -0.339 e. The number of hydrogen-bond acceptors (Lipinski definition) is 5. The minimum atomic E-state index is 0.0937. The average Bonchev–Trinajstić information content (AvgIpc) is 2.92. The van der Waals surface area contributed by atoms with Gasteiger partial charge in [0.05, 0.1) is 5.52 Å². The van der Waals surface area contributed by atoms with Gasteiger partial charge in [-0.25, -0.2) is 9.97 Å². The lowest BCUT2D eigenvalue weighted by Gasteiger charge is -2.22. The molecular formula is C20H23N5O. The van der Waals surface area contributed by atoms with Gasteiger partial charge in [-0.2, -0.15) is 0 Å². The van der Waals surface area contributed by atoms with Crippen molar-refractivity contribution in [2.45, 2.75) is 13.0 Å². The van der Waals surface area contributed by atoms with Crippen LogP contribution in [0.2, 0.25) is 0 Å². The van der Waals surface area contributed by atoms with Gasteiger partial charge in [-0.3, -0.25) is 9.69 Å². The molecule has 0 N–H and O–H groups in total. The Balaban J connectivity index is 1.52. The number of rotatable bonds is 3. The summed E-state index contributed by atoms with van der Waals surface area (Å²) in [4.78, 5) is 26.0. The molecule has 6 nitrogen and oxygen atoms in total. The number of aryl methyl sites for hydroxylation is 1. The molecular weight excluding hydrogens is 326 g/mol. The molecule has 0 atom stereocenters. The molecule has 2 aromatic heterocycles. The number of fused-ring (bicyclic) bond motifs is 1. The Morgan fingerprint density at radius 2 is 1.81 bits per heavy atom. The van der Waals surface area contributed by atoms with Gasteiger partial charge in [0.2, 0.25) is 5.95 Å². The number of aromatic nitrogens is 3. The zero-order valence-corrected chi connectivity index (χ0v) is 15.0. The number of anilines is 1. The first kappa shape index (κ1) is 16.7. The van der Waals surface area contributed by atoms with Gasteiger partial charge in [0.15, 0.2) is 0 Å². The second-order valence-corrected chi connectivity index (χ2v) is 6.76. The van der Waals surface area contributed by atoms with E-state index in [1.165, 1.54) is 0 Å². The Kier molecular flexibility index (Phi) is 4.67. The molecule has 0 unspecified atom stereocenters. The van der Waals surface area contributed by atoms with E-state index in [4.69, 9.17) is 0 Å². The van der Waals surface area contributed by atoms with Gasteiger partial charge in [-0.05, 0) is 30.0 Å². The van der Waals surface area contributed by atoms with Gasteiger partial charge in [0.25, 0.3) is 5.56 Å². The zero-order chi connectivity index (χ0) is 17.9. The first-order valence-corrected chi connectivity index (χ1v) is 9.04. The van der Waals surface area contributed by atoms with Crippen molar-refractivity contribution in [3.63, 3.8) is 0 Å². The SMILES string of the molecule is Cn1c(=O)c(CN2CCCN(c3ncccn3)CC2)cc2ccccc21. The quantitative estimate of drug-likeness (QED) is 0.724. The zero-order valence-electron chi connectivity index (χ0n) is 15.0. The van der Waals surface area contributed by atoms with Crippen LogP contribution >= 0.6 is 0 Å². The van der Waals surface area contributed by atoms with Gasteiger partial charge >= 0.3 is 0 Å². The van der Waals surface area contributed by atoms with Crippen molar-refractivity contribution in [2.75, 3.05) is 31.1 Å². The molecule has 3 aromatic rings. The lowest BCUT2D eigenvalue weighted by atomic mass is 10.1. The maximum Gasteiger partial charge on any atom is 0.255 e. The summed E-state index contributed by atoms with van der Waals surface area (Å²) in [5.74, 6) is 0.788. The molecule has 1 aromatic carbocycles.